The Labute approximate surface area is 116 Å². The van der Waals surface area contributed by atoms with Gasteiger partial charge in [-0.1, -0.05) is 30.3 Å². The quantitative estimate of drug-likeness (QED) is 0.852. The van der Waals surface area contributed by atoms with Crippen LogP contribution in [0.1, 0.15) is 15.3 Å². The third-order valence-electron chi connectivity index (χ3n) is 2.90. The van der Waals surface area contributed by atoms with Crippen LogP contribution in [0.4, 0.5) is 0 Å². The van der Waals surface area contributed by atoms with Crippen LogP contribution < -0.4 is 5.32 Å². The van der Waals surface area contributed by atoms with E-state index in [1.54, 1.807) is 11.3 Å². The first-order chi connectivity index (χ1) is 9.15. The van der Waals surface area contributed by atoms with Crippen molar-refractivity contribution in [2.45, 2.75) is 25.9 Å². The van der Waals surface area contributed by atoms with E-state index < -0.39 is 12.0 Å². The lowest BCUT2D eigenvalue weighted by Crippen LogP contribution is -2.37. The molecule has 0 saturated carbocycles. The summed E-state index contributed by atoms with van der Waals surface area (Å²) in [5, 5.41) is 12.4. The molecule has 1 aromatic carbocycles. The van der Waals surface area contributed by atoms with E-state index in [9.17, 15) is 9.90 Å². The van der Waals surface area contributed by atoms with Crippen molar-refractivity contribution in [1.29, 1.82) is 0 Å². The van der Waals surface area contributed by atoms with Gasteiger partial charge in [-0.25, -0.2) is 0 Å². The molecule has 0 aliphatic rings. The van der Waals surface area contributed by atoms with Gasteiger partial charge in [0, 0.05) is 16.3 Å². The lowest BCUT2D eigenvalue weighted by molar-refractivity contribution is -0.139. The summed E-state index contributed by atoms with van der Waals surface area (Å²) in [6.07, 6.45) is 0.501. The van der Waals surface area contributed by atoms with Crippen molar-refractivity contribution in [2.24, 2.45) is 0 Å². The molecule has 0 amide bonds. The van der Waals surface area contributed by atoms with E-state index in [2.05, 4.69) is 11.4 Å². The minimum atomic E-state index is -0.808. The van der Waals surface area contributed by atoms with Crippen LogP contribution in [0.2, 0.25) is 0 Å². The first-order valence-corrected chi connectivity index (χ1v) is 7.02. The second-order valence-electron chi connectivity index (χ2n) is 4.47. The molecule has 0 unspecified atom stereocenters. The van der Waals surface area contributed by atoms with Crippen LogP contribution >= 0.6 is 11.3 Å². The maximum Gasteiger partial charge on any atom is 0.321 e. The van der Waals surface area contributed by atoms with Crippen LogP contribution in [-0.2, 0) is 17.8 Å². The summed E-state index contributed by atoms with van der Waals surface area (Å²) in [4.78, 5) is 13.7. The van der Waals surface area contributed by atoms with E-state index in [0.29, 0.717) is 13.0 Å². The molecule has 0 aliphatic heterocycles. The molecule has 0 spiro atoms. The van der Waals surface area contributed by atoms with Gasteiger partial charge < -0.3 is 5.11 Å². The highest BCUT2D eigenvalue weighted by atomic mass is 32.1. The highest BCUT2D eigenvalue weighted by Crippen LogP contribution is 2.15. The van der Waals surface area contributed by atoms with E-state index in [4.69, 9.17) is 0 Å². The summed E-state index contributed by atoms with van der Waals surface area (Å²) >= 11 is 1.69. The lowest BCUT2D eigenvalue weighted by Gasteiger charge is -2.13. The zero-order chi connectivity index (χ0) is 13.7. The van der Waals surface area contributed by atoms with Gasteiger partial charge in [0.1, 0.15) is 6.04 Å². The van der Waals surface area contributed by atoms with Crippen LogP contribution in [0.5, 0.6) is 0 Å². The van der Waals surface area contributed by atoms with Gasteiger partial charge in [0.15, 0.2) is 0 Å². The highest BCUT2D eigenvalue weighted by Gasteiger charge is 2.17. The Hall–Kier alpha value is -1.65. The predicted octanol–water partition coefficient (Wildman–Crippen LogP) is 2.84. The Bertz CT molecular complexity index is 536. The molecule has 1 aromatic heterocycles. The summed E-state index contributed by atoms with van der Waals surface area (Å²) < 4.78 is 0. The number of benzene rings is 1. The van der Waals surface area contributed by atoms with Crippen molar-refractivity contribution in [1.82, 2.24) is 5.32 Å². The number of aryl methyl sites for hydroxylation is 1. The number of aliphatic carboxylic acids is 1. The summed E-state index contributed by atoms with van der Waals surface area (Å²) in [6.45, 7) is 2.65. The normalized spacial score (nSPS) is 12.3. The monoisotopic (exact) mass is 275 g/mol. The van der Waals surface area contributed by atoms with Crippen molar-refractivity contribution in [3.05, 3.63) is 57.8 Å². The van der Waals surface area contributed by atoms with E-state index >= 15 is 0 Å². The second-order valence-corrected chi connectivity index (χ2v) is 5.85. The Morgan fingerprint density at radius 1 is 1.26 bits per heavy atom. The Balaban J connectivity index is 1.95. The third-order valence-corrected chi connectivity index (χ3v) is 3.90. The van der Waals surface area contributed by atoms with Gasteiger partial charge in [0.2, 0.25) is 0 Å². The van der Waals surface area contributed by atoms with E-state index in [0.717, 1.165) is 10.4 Å². The van der Waals surface area contributed by atoms with Crippen LogP contribution in [0.3, 0.4) is 0 Å². The van der Waals surface area contributed by atoms with Gasteiger partial charge in [0.05, 0.1) is 0 Å². The van der Waals surface area contributed by atoms with E-state index in [-0.39, 0.29) is 0 Å². The summed E-state index contributed by atoms with van der Waals surface area (Å²) in [6, 6.07) is 13.2. The average Bonchev–Trinajstić information content (AvgIpc) is 2.81. The average molecular weight is 275 g/mol. The molecule has 2 rings (SSSR count). The molecule has 0 aliphatic carbocycles. The topological polar surface area (TPSA) is 49.3 Å². The van der Waals surface area contributed by atoms with Crippen LogP contribution in [0.15, 0.2) is 42.5 Å². The molecule has 1 atom stereocenters. The number of carboxylic acid groups (broad SMARTS) is 1. The molecule has 0 fully saturated rings. The number of rotatable bonds is 6. The molecule has 1 heterocycles. The zero-order valence-electron chi connectivity index (χ0n) is 10.8. The molecule has 4 heteroatoms. The smallest absolute Gasteiger partial charge is 0.321 e. The van der Waals surface area contributed by atoms with Crippen molar-refractivity contribution in [3.8, 4) is 0 Å². The summed E-state index contributed by atoms with van der Waals surface area (Å²) in [7, 11) is 0. The van der Waals surface area contributed by atoms with Crippen LogP contribution in [0.25, 0.3) is 0 Å². The SMILES string of the molecule is Cc1ccc(CN[C@H](Cc2ccccc2)C(=O)O)s1. The number of hydrogen-bond acceptors (Lipinski definition) is 3. The molecule has 2 N–H and O–H groups in total. The predicted molar refractivity (Wildman–Crippen MR) is 77.5 cm³/mol. The summed E-state index contributed by atoms with van der Waals surface area (Å²) in [5.74, 6) is -0.808. The van der Waals surface area contributed by atoms with Crippen molar-refractivity contribution < 1.29 is 9.90 Å². The molecular formula is C15H17NO2S. The van der Waals surface area contributed by atoms with Gasteiger partial charge in [-0.3, -0.25) is 10.1 Å². The minimum absolute atomic E-state index is 0.501. The minimum Gasteiger partial charge on any atom is -0.480 e. The largest absolute Gasteiger partial charge is 0.480 e. The number of nitrogens with one attached hydrogen (secondary N) is 1. The number of carboxylic acids is 1. The molecule has 3 nitrogen and oxygen atoms in total. The highest BCUT2D eigenvalue weighted by molar-refractivity contribution is 7.11. The third kappa shape index (κ3) is 4.19. The number of carbonyl (C=O) groups is 1. The fourth-order valence-electron chi connectivity index (χ4n) is 1.90. The first-order valence-electron chi connectivity index (χ1n) is 6.20. The Morgan fingerprint density at radius 3 is 2.58 bits per heavy atom. The number of thiophene rings is 1. The molecular weight excluding hydrogens is 258 g/mol. The molecule has 2 aromatic rings. The first kappa shape index (κ1) is 13.8. The second kappa shape index (κ2) is 6.50. The van der Waals surface area contributed by atoms with Gasteiger partial charge >= 0.3 is 5.97 Å². The maximum atomic E-state index is 11.3. The maximum absolute atomic E-state index is 11.3. The van der Waals surface area contributed by atoms with Crippen molar-refractivity contribution in [2.75, 3.05) is 0 Å². The van der Waals surface area contributed by atoms with Gasteiger partial charge in [-0.15, -0.1) is 11.3 Å². The van der Waals surface area contributed by atoms with Gasteiger partial charge in [0.25, 0.3) is 0 Å². The zero-order valence-corrected chi connectivity index (χ0v) is 11.6. The van der Waals surface area contributed by atoms with Crippen molar-refractivity contribution in [3.63, 3.8) is 0 Å². The van der Waals surface area contributed by atoms with Crippen LogP contribution in [0, 0.1) is 6.92 Å². The standard InChI is InChI=1S/C15H17NO2S/c1-11-7-8-13(19-11)10-16-14(15(17)18)9-12-5-3-2-4-6-12/h2-8,14,16H,9-10H2,1H3,(H,17,18)/t14-/m1/s1. The molecule has 100 valence electrons. The van der Waals surface area contributed by atoms with Crippen molar-refractivity contribution >= 4 is 17.3 Å². The van der Waals surface area contributed by atoms with Gasteiger partial charge in [-0.2, -0.15) is 0 Å². The summed E-state index contributed by atoms with van der Waals surface area (Å²) in [5.41, 5.74) is 1.03. The Morgan fingerprint density at radius 2 is 2.00 bits per heavy atom. The Kier molecular flexibility index (Phi) is 4.71. The molecule has 0 saturated heterocycles. The molecule has 0 bridgehead atoms. The van der Waals surface area contributed by atoms with E-state index in [1.165, 1.54) is 4.88 Å². The molecule has 19 heavy (non-hydrogen) atoms. The fourth-order valence-corrected chi connectivity index (χ4v) is 2.74. The van der Waals surface area contributed by atoms with Crippen LogP contribution in [-0.4, -0.2) is 17.1 Å². The number of hydrogen-bond donors (Lipinski definition) is 2. The fraction of sp³-hybridized carbons (Fsp3) is 0.267. The molecule has 0 radical (unpaired) electrons. The van der Waals surface area contributed by atoms with E-state index in [1.807, 2.05) is 43.3 Å². The lowest BCUT2D eigenvalue weighted by atomic mass is 10.1. The van der Waals surface area contributed by atoms with Gasteiger partial charge in [-0.05, 0) is 31.0 Å².